The Morgan fingerprint density at radius 1 is 1.22 bits per heavy atom. The summed E-state index contributed by atoms with van der Waals surface area (Å²) in [7, 11) is 0. The van der Waals surface area contributed by atoms with E-state index in [2.05, 4.69) is 15.3 Å². The predicted octanol–water partition coefficient (Wildman–Crippen LogP) is 1.54. The molecule has 1 N–H and O–H groups in total. The minimum atomic E-state index is -0.829. The number of nitrogens with one attached hydrogen (secondary N) is 1. The second kappa shape index (κ2) is 6.58. The molecule has 3 aliphatic rings. The molecule has 0 aromatic carbocycles. The van der Waals surface area contributed by atoms with Gasteiger partial charge in [0.1, 0.15) is 11.4 Å². The first kappa shape index (κ1) is 17.9. The number of amides is 4. The Balaban J connectivity index is 1.45. The van der Waals surface area contributed by atoms with Crippen LogP contribution in [-0.2, 0) is 4.79 Å². The van der Waals surface area contributed by atoms with Gasteiger partial charge in [0.15, 0.2) is 0 Å². The Morgan fingerprint density at radius 2 is 1.85 bits per heavy atom. The van der Waals surface area contributed by atoms with Crippen LogP contribution in [-0.4, -0.2) is 62.8 Å². The molecule has 8 heteroatoms. The number of carbonyl (C=O) groups is 3. The molecule has 144 valence electrons. The van der Waals surface area contributed by atoms with Gasteiger partial charge in [-0.1, -0.05) is 13.8 Å². The highest BCUT2D eigenvalue weighted by atomic mass is 16.2. The Hall–Kier alpha value is -2.51. The van der Waals surface area contributed by atoms with Crippen molar-refractivity contribution in [1.82, 2.24) is 25.1 Å². The Morgan fingerprint density at radius 3 is 2.41 bits per heavy atom. The molecule has 4 rings (SSSR count). The Kier molecular flexibility index (Phi) is 4.36. The fraction of sp³-hybridized carbons (Fsp3) is 0.632. The quantitative estimate of drug-likeness (QED) is 0.810. The van der Waals surface area contributed by atoms with E-state index in [9.17, 15) is 14.4 Å². The van der Waals surface area contributed by atoms with Crippen molar-refractivity contribution in [3.8, 4) is 0 Å². The van der Waals surface area contributed by atoms with Gasteiger partial charge in [-0.05, 0) is 31.6 Å². The van der Waals surface area contributed by atoms with Gasteiger partial charge in [-0.2, -0.15) is 0 Å². The normalized spacial score (nSPS) is 21.9. The monoisotopic (exact) mass is 371 g/mol. The minimum Gasteiger partial charge on any atom is -0.338 e. The number of aromatic nitrogens is 2. The van der Waals surface area contributed by atoms with Gasteiger partial charge in [0.25, 0.3) is 11.8 Å². The first-order valence-corrected chi connectivity index (χ1v) is 9.65. The third-order valence-corrected chi connectivity index (χ3v) is 5.69. The van der Waals surface area contributed by atoms with Crippen LogP contribution in [0.5, 0.6) is 0 Å². The van der Waals surface area contributed by atoms with Crippen LogP contribution >= 0.6 is 0 Å². The molecular weight excluding hydrogens is 346 g/mol. The molecule has 0 bridgehead atoms. The van der Waals surface area contributed by atoms with Crippen molar-refractivity contribution in [3.63, 3.8) is 0 Å². The summed E-state index contributed by atoms with van der Waals surface area (Å²) in [6, 6.07) is -0.322. The van der Waals surface area contributed by atoms with Gasteiger partial charge < -0.3 is 9.80 Å². The van der Waals surface area contributed by atoms with Gasteiger partial charge in [-0.3, -0.25) is 14.9 Å². The van der Waals surface area contributed by atoms with E-state index >= 15 is 0 Å². The van der Waals surface area contributed by atoms with E-state index in [-0.39, 0.29) is 23.8 Å². The van der Waals surface area contributed by atoms with Crippen molar-refractivity contribution >= 4 is 17.8 Å². The predicted molar refractivity (Wildman–Crippen MR) is 97.0 cm³/mol. The summed E-state index contributed by atoms with van der Waals surface area (Å²) in [6.45, 7) is 5.43. The van der Waals surface area contributed by atoms with Gasteiger partial charge in [0.05, 0.1) is 5.56 Å². The Labute approximate surface area is 158 Å². The molecule has 1 aromatic rings. The molecule has 0 radical (unpaired) electrons. The molecule has 2 aliphatic heterocycles. The lowest BCUT2D eigenvalue weighted by Crippen LogP contribution is -2.58. The molecule has 1 aromatic heterocycles. The van der Waals surface area contributed by atoms with Gasteiger partial charge in [-0.25, -0.2) is 14.8 Å². The van der Waals surface area contributed by atoms with Gasteiger partial charge in [0, 0.05) is 37.9 Å². The molecule has 27 heavy (non-hydrogen) atoms. The van der Waals surface area contributed by atoms with Crippen molar-refractivity contribution in [1.29, 1.82) is 0 Å². The second-order valence-corrected chi connectivity index (χ2v) is 8.19. The maximum absolute atomic E-state index is 12.8. The SMILES string of the molecule is CC(C)CN1C(=O)NC(=O)C12CCN(C(=O)c1cnc(C3CC3)nc1)CC2. The number of hydrogen-bond acceptors (Lipinski definition) is 5. The first-order valence-electron chi connectivity index (χ1n) is 9.65. The average Bonchev–Trinajstić information content (AvgIpc) is 3.48. The van der Waals surface area contributed by atoms with E-state index in [0.29, 0.717) is 44.0 Å². The van der Waals surface area contributed by atoms with Crippen LogP contribution in [0, 0.1) is 5.92 Å². The summed E-state index contributed by atoms with van der Waals surface area (Å²) in [5, 5.41) is 2.46. The number of urea groups is 1. The lowest BCUT2D eigenvalue weighted by molar-refractivity contribution is -0.129. The number of hydrogen-bond donors (Lipinski definition) is 1. The van der Waals surface area contributed by atoms with E-state index in [1.165, 1.54) is 0 Å². The maximum Gasteiger partial charge on any atom is 0.325 e. The average molecular weight is 371 g/mol. The summed E-state index contributed by atoms with van der Waals surface area (Å²) in [6.07, 6.45) is 6.34. The van der Waals surface area contributed by atoms with Crippen LogP contribution in [0.1, 0.15) is 61.6 Å². The number of piperidine rings is 1. The van der Waals surface area contributed by atoms with Crippen molar-refractivity contribution < 1.29 is 14.4 Å². The third kappa shape index (κ3) is 3.17. The van der Waals surface area contributed by atoms with Crippen molar-refractivity contribution in [2.45, 2.75) is 51.0 Å². The van der Waals surface area contributed by atoms with Crippen LogP contribution < -0.4 is 5.32 Å². The topological polar surface area (TPSA) is 95.5 Å². The van der Waals surface area contributed by atoms with E-state index < -0.39 is 5.54 Å². The molecule has 1 spiro atoms. The molecule has 3 fully saturated rings. The summed E-state index contributed by atoms with van der Waals surface area (Å²) in [4.78, 5) is 49.5. The molecular formula is C19H25N5O3. The highest BCUT2D eigenvalue weighted by Crippen LogP contribution is 2.38. The van der Waals surface area contributed by atoms with Crippen LogP contribution in [0.3, 0.4) is 0 Å². The highest BCUT2D eigenvalue weighted by Gasteiger charge is 2.54. The number of nitrogens with zero attached hydrogens (tertiary/aromatic N) is 4. The molecule has 8 nitrogen and oxygen atoms in total. The first-order chi connectivity index (χ1) is 12.9. The zero-order chi connectivity index (χ0) is 19.2. The van der Waals surface area contributed by atoms with E-state index in [1.807, 2.05) is 13.8 Å². The van der Waals surface area contributed by atoms with E-state index in [4.69, 9.17) is 0 Å². The molecule has 3 heterocycles. The number of likely N-dealkylation sites (tertiary alicyclic amines) is 1. The van der Waals surface area contributed by atoms with Gasteiger partial charge >= 0.3 is 6.03 Å². The Bertz CT molecular complexity index is 764. The number of carbonyl (C=O) groups excluding carboxylic acids is 3. The minimum absolute atomic E-state index is 0.118. The molecule has 2 saturated heterocycles. The standard InChI is InChI=1S/C19H25N5O3/c1-12(2)11-24-18(27)22-17(26)19(24)5-7-23(8-6-19)16(25)14-9-20-15(21-10-14)13-3-4-13/h9-10,12-13H,3-8,11H2,1-2H3,(H,22,26,27). The highest BCUT2D eigenvalue weighted by molar-refractivity contribution is 6.07. The third-order valence-electron chi connectivity index (χ3n) is 5.69. The van der Waals surface area contributed by atoms with E-state index in [1.54, 1.807) is 22.2 Å². The lowest BCUT2D eigenvalue weighted by Gasteiger charge is -2.42. The summed E-state index contributed by atoms with van der Waals surface area (Å²) < 4.78 is 0. The van der Waals surface area contributed by atoms with Crippen LogP contribution in [0.15, 0.2) is 12.4 Å². The van der Waals surface area contributed by atoms with Crippen molar-refractivity contribution in [2.24, 2.45) is 5.92 Å². The fourth-order valence-corrected chi connectivity index (χ4v) is 3.98. The molecule has 4 amide bonds. The van der Waals surface area contributed by atoms with Gasteiger partial charge in [0.2, 0.25) is 0 Å². The summed E-state index contributed by atoms with van der Waals surface area (Å²) in [5.74, 6) is 1.17. The molecule has 0 atom stereocenters. The van der Waals surface area contributed by atoms with Crippen molar-refractivity contribution in [3.05, 3.63) is 23.8 Å². The van der Waals surface area contributed by atoms with Gasteiger partial charge in [-0.15, -0.1) is 0 Å². The number of rotatable bonds is 4. The summed E-state index contributed by atoms with van der Waals surface area (Å²) in [5.41, 5.74) is -0.355. The van der Waals surface area contributed by atoms with E-state index in [0.717, 1.165) is 18.7 Å². The second-order valence-electron chi connectivity index (χ2n) is 8.19. The zero-order valence-electron chi connectivity index (χ0n) is 15.8. The van der Waals surface area contributed by atoms with Crippen LogP contribution in [0.4, 0.5) is 4.79 Å². The lowest BCUT2D eigenvalue weighted by atomic mass is 9.85. The van der Waals surface area contributed by atoms with Crippen molar-refractivity contribution in [2.75, 3.05) is 19.6 Å². The molecule has 0 unspecified atom stereocenters. The van der Waals surface area contributed by atoms with Crippen LogP contribution in [0.2, 0.25) is 0 Å². The summed E-state index contributed by atoms with van der Waals surface area (Å²) >= 11 is 0. The van der Waals surface area contributed by atoms with Crippen LogP contribution in [0.25, 0.3) is 0 Å². The largest absolute Gasteiger partial charge is 0.338 e. The molecule has 1 saturated carbocycles. The smallest absolute Gasteiger partial charge is 0.325 e. The number of imide groups is 1. The fourth-order valence-electron chi connectivity index (χ4n) is 3.98. The zero-order valence-corrected chi connectivity index (χ0v) is 15.8. The maximum atomic E-state index is 12.8. The molecule has 1 aliphatic carbocycles.